The van der Waals surface area contributed by atoms with Gasteiger partial charge in [-0.05, 0) is 78.9 Å². The monoisotopic (exact) mass is 573 g/mol. The molecular weight excluding hydrogens is 545 g/mol. The third-order valence-corrected chi connectivity index (χ3v) is 7.68. The molecule has 4 aromatic rings. The number of carbonyl (C=O) groups is 1. The Morgan fingerprint density at radius 2 is 1.72 bits per heavy atom. The molecule has 1 fully saturated rings. The minimum atomic E-state index is -3.55. The van der Waals surface area contributed by atoms with Crippen LogP contribution in [0.4, 0.5) is 10.1 Å². The van der Waals surface area contributed by atoms with Gasteiger partial charge in [0.15, 0.2) is 0 Å². The van der Waals surface area contributed by atoms with E-state index in [0.717, 1.165) is 18.4 Å². The fourth-order valence-corrected chi connectivity index (χ4v) is 5.54. The number of sulfonamides is 1. The van der Waals surface area contributed by atoms with E-state index in [1.54, 1.807) is 37.4 Å². The summed E-state index contributed by atoms with van der Waals surface area (Å²) in [7, 11) is -1.99. The molecule has 5 rings (SSSR count). The maximum atomic E-state index is 13.2. The highest BCUT2D eigenvalue weighted by Gasteiger charge is 2.33. The van der Waals surface area contributed by atoms with Crippen molar-refractivity contribution in [3.63, 3.8) is 0 Å². The van der Waals surface area contributed by atoms with Gasteiger partial charge < -0.3 is 32.6 Å². The normalized spacial score (nSPS) is 13.1. The number of nitrogens with one attached hydrogen (secondary N) is 1. The number of benzene rings is 3. The molecule has 1 aromatic heterocycles. The van der Waals surface area contributed by atoms with Crippen LogP contribution in [0.1, 0.15) is 34.7 Å². The number of hydrogen-bond acceptors (Lipinski definition) is 5. The highest BCUT2D eigenvalue weighted by atomic mass is 35.5. The third-order valence-electron chi connectivity index (χ3n) is 6.50. The van der Waals surface area contributed by atoms with Gasteiger partial charge in [0.1, 0.15) is 28.7 Å². The second-order valence-electron chi connectivity index (χ2n) is 9.34. The second kappa shape index (κ2) is 11.3. The molecule has 1 saturated carbocycles. The van der Waals surface area contributed by atoms with E-state index in [9.17, 15) is 17.6 Å². The number of carbonyl (C=O) groups excluding carboxylic acids is 1. The summed E-state index contributed by atoms with van der Waals surface area (Å²) >= 11 is 0. The average Bonchev–Trinajstić information content (AvgIpc) is 3.67. The first-order valence-corrected chi connectivity index (χ1v) is 14.2. The van der Waals surface area contributed by atoms with Crippen LogP contribution in [-0.2, 0) is 10.0 Å². The summed E-state index contributed by atoms with van der Waals surface area (Å²) in [6, 6.07) is 16.4. The van der Waals surface area contributed by atoms with Crippen LogP contribution in [0.25, 0.3) is 22.3 Å². The van der Waals surface area contributed by atoms with Crippen LogP contribution in [-0.4, -0.2) is 40.7 Å². The van der Waals surface area contributed by atoms with Gasteiger partial charge in [0.25, 0.3) is 5.91 Å². The van der Waals surface area contributed by atoms with Crippen LogP contribution in [0.5, 0.6) is 11.5 Å². The van der Waals surface area contributed by atoms with Crippen LogP contribution in [0.3, 0.4) is 0 Å². The van der Waals surface area contributed by atoms with Gasteiger partial charge in [-0.15, -0.1) is 0 Å². The molecule has 0 spiro atoms. The average molecular weight is 574 g/mol. The zero-order chi connectivity index (χ0) is 27.0. The van der Waals surface area contributed by atoms with Gasteiger partial charge in [0, 0.05) is 24.1 Å². The number of rotatable bonds is 9. The smallest absolute Gasteiger partial charge is 0.255 e. The van der Waals surface area contributed by atoms with Gasteiger partial charge in [0.2, 0.25) is 10.0 Å². The number of nitrogens with zero attached hydrogens (tertiary/aromatic N) is 1. The Morgan fingerprint density at radius 3 is 2.26 bits per heavy atom. The molecule has 11 heteroatoms. The molecule has 1 aliphatic carbocycles. The van der Waals surface area contributed by atoms with Crippen molar-refractivity contribution in [3.05, 3.63) is 77.6 Å². The van der Waals surface area contributed by atoms with Crippen LogP contribution in [0, 0.1) is 5.82 Å². The Hall–Kier alpha value is -3.60. The second-order valence-corrected chi connectivity index (χ2v) is 11.2. The van der Waals surface area contributed by atoms with Crippen molar-refractivity contribution in [1.29, 1.82) is 0 Å². The maximum Gasteiger partial charge on any atom is 0.255 e. The van der Waals surface area contributed by atoms with Gasteiger partial charge in [-0.1, -0.05) is 0 Å². The van der Waals surface area contributed by atoms with Gasteiger partial charge in [-0.2, -0.15) is 0 Å². The fourth-order valence-electron chi connectivity index (χ4n) is 4.56. The van der Waals surface area contributed by atoms with Gasteiger partial charge in [-0.25, -0.2) is 12.8 Å². The van der Waals surface area contributed by atoms with Crippen molar-refractivity contribution >= 4 is 32.6 Å². The van der Waals surface area contributed by atoms with E-state index in [1.165, 1.54) is 34.8 Å². The number of anilines is 1. The first-order chi connectivity index (χ1) is 18.2. The van der Waals surface area contributed by atoms with E-state index in [2.05, 4.69) is 11.1 Å². The van der Waals surface area contributed by atoms with Crippen LogP contribution < -0.4 is 32.5 Å². The lowest BCUT2D eigenvalue weighted by Crippen LogP contribution is -3.00. The van der Waals surface area contributed by atoms with Crippen molar-refractivity contribution in [2.45, 2.75) is 18.8 Å². The van der Waals surface area contributed by atoms with Gasteiger partial charge in [0.05, 0.1) is 30.6 Å². The van der Waals surface area contributed by atoms with E-state index in [1.807, 2.05) is 6.07 Å². The summed E-state index contributed by atoms with van der Waals surface area (Å²) in [6.07, 6.45) is 3.09. The Morgan fingerprint density at radius 1 is 1.10 bits per heavy atom. The molecule has 1 aliphatic rings. The standard InChI is InChI=1S/C28H28FN3O5S.ClH/c1-31-28(33)26-23-15-22(17-3-4-17)24(32(14-13-30)38(2,34)35)16-25(23)37-27(26)18-5-9-20(10-6-18)36-21-11-7-19(29)8-12-21;/h5-12,15-17H,3-4,13-14,30H2,1-2H3,(H,31,33);1H. The SMILES string of the molecule is CNC(=O)c1c(-c2ccc(Oc3ccc(F)cc3)cc2)oc2cc(N(CC[NH3+])S(C)(=O)=O)c(C3CC3)cc12.[Cl-]. The summed E-state index contributed by atoms with van der Waals surface area (Å²) in [5, 5.41) is 3.32. The third kappa shape index (κ3) is 5.88. The zero-order valence-corrected chi connectivity index (χ0v) is 23.1. The van der Waals surface area contributed by atoms with Crippen molar-refractivity contribution in [2.75, 3.05) is 30.7 Å². The Bertz CT molecular complexity index is 1600. The topological polar surface area (TPSA) is 116 Å². The first-order valence-electron chi connectivity index (χ1n) is 12.3. The van der Waals surface area contributed by atoms with Gasteiger partial charge >= 0.3 is 0 Å². The predicted octanol–water partition coefficient (Wildman–Crippen LogP) is 1.28. The summed E-state index contributed by atoms with van der Waals surface area (Å²) in [6.45, 7) is 0.657. The zero-order valence-electron chi connectivity index (χ0n) is 21.5. The molecule has 0 unspecified atom stereocenters. The number of fused-ring (bicyclic) bond motifs is 1. The van der Waals surface area contributed by atoms with Gasteiger partial charge in [-0.3, -0.25) is 9.10 Å². The molecule has 0 bridgehead atoms. The van der Waals surface area contributed by atoms with E-state index >= 15 is 0 Å². The highest BCUT2D eigenvalue weighted by Crippen LogP contribution is 2.48. The fraction of sp³-hybridized carbons (Fsp3) is 0.250. The Labute approximate surface area is 232 Å². The molecule has 0 atom stereocenters. The Balaban J connectivity index is 0.00000353. The molecule has 8 nitrogen and oxygen atoms in total. The molecule has 0 saturated heterocycles. The Kier molecular flexibility index (Phi) is 8.20. The van der Waals surface area contributed by atoms with E-state index in [-0.39, 0.29) is 36.6 Å². The predicted molar refractivity (Wildman–Crippen MR) is 143 cm³/mol. The quantitative estimate of drug-likeness (QED) is 0.313. The van der Waals surface area contributed by atoms with E-state index in [4.69, 9.17) is 9.15 Å². The lowest BCUT2D eigenvalue weighted by Gasteiger charge is -2.23. The number of ether oxygens (including phenoxy) is 1. The van der Waals surface area contributed by atoms with Crippen LogP contribution in [0.2, 0.25) is 0 Å². The minimum Gasteiger partial charge on any atom is -1.00 e. The first kappa shape index (κ1) is 28.4. The van der Waals surface area contributed by atoms with Crippen molar-refractivity contribution < 1.29 is 44.9 Å². The summed E-state index contributed by atoms with van der Waals surface area (Å²) in [4.78, 5) is 13.1. The van der Waals surface area contributed by atoms with E-state index < -0.39 is 10.0 Å². The van der Waals surface area contributed by atoms with E-state index in [0.29, 0.717) is 51.6 Å². The molecule has 1 amide bonds. The van der Waals surface area contributed by atoms with Crippen LogP contribution >= 0.6 is 0 Å². The number of furan rings is 1. The number of hydrogen-bond donors (Lipinski definition) is 2. The molecule has 206 valence electrons. The molecule has 1 heterocycles. The van der Waals surface area contributed by atoms with Crippen molar-refractivity contribution in [3.8, 4) is 22.8 Å². The maximum absolute atomic E-state index is 13.2. The molecule has 39 heavy (non-hydrogen) atoms. The highest BCUT2D eigenvalue weighted by molar-refractivity contribution is 7.92. The van der Waals surface area contributed by atoms with Crippen molar-refractivity contribution in [2.24, 2.45) is 0 Å². The lowest BCUT2D eigenvalue weighted by molar-refractivity contribution is -0.363. The molecular formula is C28H29ClFN3O5S. The van der Waals surface area contributed by atoms with Crippen molar-refractivity contribution in [1.82, 2.24) is 5.32 Å². The summed E-state index contributed by atoms with van der Waals surface area (Å²) < 4.78 is 51.9. The minimum absolute atomic E-state index is 0. The summed E-state index contributed by atoms with van der Waals surface area (Å²) in [5.41, 5.74) is 6.74. The molecule has 0 radical (unpaired) electrons. The number of quaternary nitrogens is 1. The van der Waals surface area contributed by atoms with Crippen LogP contribution in [0.15, 0.2) is 65.1 Å². The molecule has 3 aromatic carbocycles. The lowest BCUT2D eigenvalue weighted by atomic mass is 10.0. The number of amides is 1. The number of halogens is 2. The molecule has 0 aliphatic heterocycles. The largest absolute Gasteiger partial charge is 1.00 e. The molecule has 4 N–H and O–H groups in total. The summed E-state index contributed by atoms with van der Waals surface area (Å²) in [5.74, 6) is 0.966.